The van der Waals surface area contributed by atoms with Gasteiger partial charge in [-0.15, -0.1) is 5.10 Å². The van der Waals surface area contributed by atoms with Gasteiger partial charge in [-0.2, -0.15) is 4.98 Å². The van der Waals surface area contributed by atoms with Crippen molar-refractivity contribution in [2.45, 2.75) is 12.8 Å². The minimum atomic E-state index is -0.398. The Morgan fingerprint density at radius 1 is 1.35 bits per heavy atom. The summed E-state index contributed by atoms with van der Waals surface area (Å²) in [5.74, 6) is 0.651. The van der Waals surface area contributed by atoms with Crippen molar-refractivity contribution in [1.82, 2.24) is 20.2 Å². The molecule has 3 rings (SSSR count). The Hall–Kier alpha value is -2.64. The fourth-order valence-corrected chi connectivity index (χ4v) is 2.16. The molecule has 0 aliphatic carbocycles. The molecule has 0 spiro atoms. The number of nitrogens with one attached hydrogen (secondary N) is 2. The van der Waals surface area contributed by atoms with E-state index in [1.54, 1.807) is 6.20 Å². The highest BCUT2D eigenvalue weighted by molar-refractivity contribution is 6.01. The van der Waals surface area contributed by atoms with Crippen LogP contribution in [0.15, 0.2) is 18.3 Å². The Kier molecular flexibility index (Phi) is 3.20. The number of hydrogen-bond donors (Lipinski definition) is 3. The first-order valence-corrected chi connectivity index (χ1v) is 6.42. The molecule has 1 aliphatic rings. The standard InChI is InChI=1S/C12H15N7O/c13-12-16-10(17-18-12)11(20)15-8-3-4-9(14-7-8)19-5-1-2-6-19/h3-4,7H,1-2,5-6H2,(H,15,20)(H3,13,16,17,18). The van der Waals surface area contributed by atoms with E-state index in [1.165, 1.54) is 12.8 Å². The summed E-state index contributed by atoms with van der Waals surface area (Å²) in [5.41, 5.74) is 5.95. The molecule has 20 heavy (non-hydrogen) atoms. The second kappa shape index (κ2) is 5.16. The summed E-state index contributed by atoms with van der Waals surface area (Å²) in [6, 6.07) is 3.72. The van der Waals surface area contributed by atoms with Gasteiger partial charge in [-0.25, -0.2) is 4.98 Å². The van der Waals surface area contributed by atoms with Gasteiger partial charge in [0.2, 0.25) is 11.8 Å². The fourth-order valence-electron chi connectivity index (χ4n) is 2.16. The van der Waals surface area contributed by atoms with Crippen molar-refractivity contribution in [3.63, 3.8) is 0 Å². The summed E-state index contributed by atoms with van der Waals surface area (Å²) in [6.07, 6.45) is 4.03. The smallest absolute Gasteiger partial charge is 0.293 e. The molecule has 1 fully saturated rings. The number of pyridine rings is 1. The molecular weight excluding hydrogens is 258 g/mol. The second-order valence-electron chi connectivity index (χ2n) is 4.60. The van der Waals surface area contributed by atoms with Crippen molar-refractivity contribution in [3.8, 4) is 0 Å². The minimum absolute atomic E-state index is 0.0395. The van der Waals surface area contributed by atoms with E-state index in [4.69, 9.17) is 5.73 Å². The highest BCUT2D eigenvalue weighted by Crippen LogP contribution is 2.19. The number of hydrogen-bond acceptors (Lipinski definition) is 6. The molecule has 4 N–H and O–H groups in total. The maximum Gasteiger partial charge on any atom is 0.293 e. The van der Waals surface area contributed by atoms with E-state index in [2.05, 4.69) is 30.4 Å². The lowest BCUT2D eigenvalue weighted by atomic mass is 10.3. The molecule has 0 bridgehead atoms. The molecule has 1 aliphatic heterocycles. The average molecular weight is 273 g/mol. The molecule has 8 nitrogen and oxygen atoms in total. The maximum atomic E-state index is 11.8. The van der Waals surface area contributed by atoms with Gasteiger partial charge in [-0.1, -0.05) is 0 Å². The number of nitrogen functional groups attached to an aromatic ring is 1. The molecule has 0 atom stereocenters. The van der Waals surface area contributed by atoms with Crippen LogP contribution in [-0.4, -0.2) is 39.2 Å². The number of aromatic amines is 1. The summed E-state index contributed by atoms with van der Waals surface area (Å²) < 4.78 is 0. The molecule has 8 heteroatoms. The van der Waals surface area contributed by atoms with E-state index in [0.29, 0.717) is 5.69 Å². The number of carbonyl (C=O) groups is 1. The number of nitrogens with zero attached hydrogens (tertiary/aromatic N) is 4. The van der Waals surface area contributed by atoms with Crippen LogP contribution < -0.4 is 16.0 Å². The quantitative estimate of drug-likeness (QED) is 0.756. The first-order valence-electron chi connectivity index (χ1n) is 6.42. The van der Waals surface area contributed by atoms with Gasteiger partial charge in [-0.05, 0) is 25.0 Å². The largest absolute Gasteiger partial charge is 0.366 e. The Labute approximate surface area is 115 Å². The number of carbonyl (C=O) groups excluding carboxylic acids is 1. The van der Waals surface area contributed by atoms with Gasteiger partial charge in [0.15, 0.2) is 0 Å². The van der Waals surface area contributed by atoms with Crippen LogP contribution in [0.25, 0.3) is 0 Å². The van der Waals surface area contributed by atoms with Crippen molar-refractivity contribution in [2.24, 2.45) is 0 Å². The minimum Gasteiger partial charge on any atom is -0.366 e. The molecule has 1 saturated heterocycles. The highest BCUT2D eigenvalue weighted by atomic mass is 16.2. The Morgan fingerprint density at radius 3 is 2.75 bits per heavy atom. The number of anilines is 3. The predicted octanol–water partition coefficient (Wildman–Crippen LogP) is 0.634. The van der Waals surface area contributed by atoms with Gasteiger partial charge in [0, 0.05) is 13.1 Å². The Balaban J connectivity index is 1.67. The maximum absolute atomic E-state index is 11.8. The lowest BCUT2D eigenvalue weighted by Gasteiger charge is -2.16. The van der Waals surface area contributed by atoms with E-state index < -0.39 is 5.91 Å². The molecule has 3 heterocycles. The third-order valence-electron chi connectivity index (χ3n) is 3.15. The molecule has 2 aromatic rings. The van der Waals surface area contributed by atoms with Gasteiger partial charge in [0.05, 0.1) is 11.9 Å². The molecule has 104 valence electrons. The number of rotatable bonds is 3. The van der Waals surface area contributed by atoms with Gasteiger partial charge >= 0.3 is 0 Å². The third-order valence-corrected chi connectivity index (χ3v) is 3.15. The van der Waals surface area contributed by atoms with Gasteiger partial charge in [0.1, 0.15) is 5.82 Å². The zero-order valence-corrected chi connectivity index (χ0v) is 10.8. The number of H-pyrrole nitrogens is 1. The second-order valence-corrected chi connectivity index (χ2v) is 4.60. The summed E-state index contributed by atoms with van der Waals surface area (Å²) in [7, 11) is 0. The molecule has 0 saturated carbocycles. The fraction of sp³-hybridized carbons (Fsp3) is 0.333. The van der Waals surface area contributed by atoms with E-state index in [9.17, 15) is 4.79 Å². The van der Waals surface area contributed by atoms with Crippen molar-refractivity contribution in [3.05, 3.63) is 24.2 Å². The third kappa shape index (κ3) is 2.53. The van der Waals surface area contributed by atoms with Gasteiger partial charge in [0.25, 0.3) is 5.91 Å². The lowest BCUT2D eigenvalue weighted by molar-refractivity contribution is 0.101. The van der Waals surface area contributed by atoms with Crippen molar-refractivity contribution < 1.29 is 4.79 Å². The van der Waals surface area contributed by atoms with Crippen LogP contribution in [0.2, 0.25) is 0 Å². The number of aromatic nitrogens is 4. The molecule has 0 aromatic carbocycles. The summed E-state index contributed by atoms with van der Waals surface area (Å²) in [6.45, 7) is 2.08. The van der Waals surface area contributed by atoms with Crippen LogP contribution in [0, 0.1) is 0 Å². The topological polar surface area (TPSA) is 113 Å². The highest BCUT2D eigenvalue weighted by Gasteiger charge is 2.14. The predicted molar refractivity (Wildman–Crippen MR) is 74.4 cm³/mol. The first-order chi connectivity index (χ1) is 9.72. The number of amides is 1. The summed E-state index contributed by atoms with van der Waals surface area (Å²) in [4.78, 5) is 22.2. The zero-order chi connectivity index (χ0) is 13.9. The molecular formula is C12H15N7O. The zero-order valence-electron chi connectivity index (χ0n) is 10.8. The van der Waals surface area contributed by atoms with Gasteiger partial charge in [-0.3, -0.25) is 9.89 Å². The van der Waals surface area contributed by atoms with E-state index in [0.717, 1.165) is 18.9 Å². The normalized spacial score (nSPS) is 14.5. The SMILES string of the molecule is Nc1n[nH]c(C(=O)Nc2ccc(N3CCCC3)nc2)n1. The van der Waals surface area contributed by atoms with Crippen LogP contribution in [0.5, 0.6) is 0 Å². The summed E-state index contributed by atoms with van der Waals surface area (Å²) >= 11 is 0. The first kappa shape index (κ1) is 12.4. The number of nitrogens with two attached hydrogens (primary N) is 1. The van der Waals surface area contributed by atoms with Crippen LogP contribution in [0.4, 0.5) is 17.5 Å². The van der Waals surface area contributed by atoms with Crippen LogP contribution in [-0.2, 0) is 0 Å². The molecule has 0 radical (unpaired) electrons. The van der Waals surface area contributed by atoms with Crippen molar-refractivity contribution in [1.29, 1.82) is 0 Å². The van der Waals surface area contributed by atoms with E-state index >= 15 is 0 Å². The van der Waals surface area contributed by atoms with E-state index in [1.807, 2.05) is 12.1 Å². The Bertz CT molecular complexity index is 601. The summed E-state index contributed by atoms with van der Waals surface area (Å²) in [5, 5.41) is 8.74. The Morgan fingerprint density at radius 2 is 2.15 bits per heavy atom. The van der Waals surface area contributed by atoms with Crippen LogP contribution in [0.3, 0.4) is 0 Å². The monoisotopic (exact) mass is 273 g/mol. The molecule has 1 amide bonds. The van der Waals surface area contributed by atoms with Gasteiger partial charge < -0.3 is 16.0 Å². The average Bonchev–Trinajstić information content (AvgIpc) is 3.10. The van der Waals surface area contributed by atoms with Crippen LogP contribution in [0.1, 0.15) is 23.5 Å². The van der Waals surface area contributed by atoms with Crippen molar-refractivity contribution in [2.75, 3.05) is 29.0 Å². The van der Waals surface area contributed by atoms with E-state index in [-0.39, 0.29) is 11.8 Å². The lowest BCUT2D eigenvalue weighted by Crippen LogP contribution is -2.19. The molecule has 2 aromatic heterocycles. The van der Waals surface area contributed by atoms with Crippen molar-refractivity contribution >= 4 is 23.4 Å². The van der Waals surface area contributed by atoms with Crippen LogP contribution >= 0.6 is 0 Å². The molecule has 0 unspecified atom stereocenters.